The molecular formula is C14H12BrN3O3S. The van der Waals surface area contributed by atoms with E-state index in [1.54, 1.807) is 29.3 Å². The maximum atomic E-state index is 12.2. The Labute approximate surface area is 136 Å². The Balaban J connectivity index is 1.77. The Bertz CT molecular complexity index is 810. The van der Waals surface area contributed by atoms with Gasteiger partial charge in [-0.05, 0) is 36.4 Å². The molecule has 2 heterocycles. The van der Waals surface area contributed by atoms with Crippen LogP contribution in [0.5, 0.6) is 0 Å². The van der Waals surface area contributed by atoms with Gasteiger partial charge in [-0.3, -0.25) is 4.79 Å². The van der Waals surface area contributed by atoms with Gasteiger partial charge in [-0.25, -0.2) is 8.42 Å². The summed E-state index contributed by atoms with van der Waals surface area (Å²) in [5.41, 5.74) is 1.13. The minimum absolute atomic E-state index is 0.0531. The third kappa shape index (κ3) is 3.28. The summed E-state index contributed by atoms with van der Waals surface area (Å²) in [6.07, 6.45) is 4.71. The molecule has 22 heavy (non-hydrogen) atoms. The first-order valence-corrected chi connectivity index (χ1v) is 8.89. The molecule has 1 amide bonds. The van der Waals surface area contributed by atoms with Crippen molar-refractivity contribution in [2.45, 2.75) is 0 Å². The Hall–Kier alpha value is -1.93. The molecule has 0 bridgehead atoms. The zero-order valence-electron chi connectivity index (χ0n) is 11.4. The molecule has 3 rings (SSSR count). The first-order chi connectivity index (χ1) is 10.4. The molecule has 2 aliphatic rings. The second-order valence-electron chi connectivity index (χ2n) is 4.81. The summed E-state index contributed by atoms with van der Waals surface area (Å²) in [6, 6.07) is 7.24. The van der Waals surface area contributed by atoms with Crippen molar-refractivity contribution in [1.82, 2.24) is 4.90 Å². The van der Waals surface area contributed by atoms with E-state index in [2.05, 4.69) is 25.6 Å². The Morgan fingerprint density at radius 1 is 1.23 bits per heavy atom. The number of benzene rings is 1. The Morgan fingerprint density at radius 3 is 2.68 bits per heavy atom. The highest BCUT2D eigenvalue weighted by Gasteiger charge is 2.24. The van der Waals surface area contributed by atoms with Gasteiger partial charge in [-0.15, -0.1) is 4.40 Å². The second kappa shape index (κ2) is 5.69. The van der Waals surface area contributed by atoms with Crippen LogP contribution in [0.1, 0.15) is 0 Å². The van der Waals surface area contributed by atoms with Crippen molar-refractivity contribution in [1.29, 1.82) is 0 Å². The van der Waals surface area contributed by atoms with E-state index in [-0.39, 0.29) is 11.7 Å². The molecule has 0 radical (unpaired) electrons. The average Bonchev–Trinajstić information content (AvgIpc) is 2.48. The number of anilines is 1. The summed E-state index contributed by atoms with van der Waals surface area (Å²) in [4.78, 5) is 13.9. The van der Waals surface area contributed by atoms with Crippen LogP contribution in [0.25, 0.3) is 0 Å². The van der Waals surface area contributed by atoms with E-state index in [1.165, 1.54) is 6.08 Å². The predicted octanol–water partition coefficient (Wildman–Crippen LogP) is 1.89. The number of amidine groups is 1. The first kappa shape index (κ1) is 15.0. The van der Waals surface area contributed by atoms with E-state index in [0.717, 1.165) is 4.47 Å². The van der Waals surface area contributed by atoms with E-state index in [1.807, 2.05) is 12.1 Å². The van der Waals surface area contributed by atoms with Gasteiger partial charge in [0.2, 0.25) is 0 Å². The number of hydrogen-bond acceptors (Lipinski definition) is 4. The lowest BCUT2D eigenvalue weighted by Gasteiger charge is -2.26. The number of rotatable bonds is 2. The predicted molar refractivity (Wildman–Crippen MR) is 87.9 cm³/mol. The number of carbonyl (C=O) groups is 1. The monoisotopic (exact) mass is 381 g/mol. The van der Waals surface area contributed by atoms with Crippen molar-refractivity contribution in [2.75, 3.05) is 17.6 Å². The van der Waals surface area contributed by atoms with Gasteiger partial charge in [0.15, 0.2) is 0 Å². The SMILES string of the molecule is O=C(Nc1ccc(Br)cc1)C1=CN2CCS(=O)(=O)N=C2C=C1. The lowest BCUT2D eigenvalue weighted by molar-refractivity contribution is -0.112. The van der Waals surface area contributed by atoms with Gasteiger partial charge >= 0.3 is 0 Å². The molecule has 0 aliphatic carbocycles. The zero-order valence-corrected chi connectivity index (χ0v) is 13.8. The van der Waals surface area contributed by atoms with Crippen LogP contribution in [-0.2, 0) is 14.8 Å². The number of halogens is 1. The summed E-state index contributed by atoms with van der Waals surface area (Å²) >= 11 is 3.33. The van der Waals surface area contributed by atoms with Gasteiger partial charge < -0.3 is 10.2 Å². The molecule has 6 nitrogen and oxygen atoms in total. The van der Waals surface area contributed by atoms with E-state index in [4.69, 9.17) is 0 Å². The summed E-state index contributed by atoms with van der Waals surface area (Å²) in [5.74, 6) is 0.0279. The number of carbonyl (C=O) groups excluding carboxylic acids is 1. The van der Waals surface area contributed by atoms with Gasteiger partial charge in [0.1, 0.15) is 5.84 Å². The average molecular weight is 382 g/mol. The van der Waals surface area contributed by atoms with Crippen LogP contribution < -0.4 is 5.32 Å². The van der Waals surface area contributed by atoms with Crippen LogP contribution in [0, 0.1) is 0 Å². The highest BCUT2D eigenvalue weighted by molar-refractivity contribution is 9.10. The quantitative estimate of drug-likeness (QED) is 0.847. The summed E-state index contributed by atoms with van der Waals surface area (Å²) in [7, 11) is -3.38. The fraction of sp³-hybridized carbons (Fsp3) is 0.143. The standard InChI is InChI=1S/C14H12BrN3O3S/c15-11-2-4-12(5-3-11)16-14(19)10-1-6-13-17-22(20,21)8-7-18(13)9-10/h1-6,9H,7-8H2,(H,16,19). The lowest BCUT2D eigenvalue weighted by Crippen LogP contribution is -2.37. The minimum Gasteiger partial charge on any atom is -0.330 e. The molecule has 1 aromatic rings. The number of hydrogen-bond donors (Lipinski definition) is 1. The molecular weight excluding hydrogens is 370 g/mol. The zero-order chi connectivity index (χ0) is 15.7. The number of nitrogens with one attached hydrogen (secondary N) is 1. The number of fused-ring (bicyclic) bond motifs is 1. The Kier molecular flexibility index (Phi) is 3.88. The smallest absolute Gasteiger partial charge is 0.257 e. The van der Waals surface area contributed by atoms with Crippen molar-refractivity contribution < 1.29 is 13.2 Å². The normalized spacial score (nSPS) is 19.0. The molecule has 2 aliphatic heterocycles. The highest BCUT2D eigenvalue weighted by atomic mass is 79.9. The third-order valence-corrected chi connectivity index (χ3v) is 4.88. The summed E-state index contributed by atoms with van der Waals surface area (Å²) in [5, 5.41) is 2.79. The van der Waals surface area contributed by atoms with E-state index >= 15 is 0 Å². The minimum atomic E-state index is -3.38. The molecule has 0 unspecified atom stereocenters. The molecule has 0 fully saturated rings. The number of nitrogens with zero attached hydrogens (tertiary/aromatic N) is 2. The van der Waals surface area contributed by atoms with Crippen LogP contribution in [0.15, 0.2) is 57.1 Å². The van der Waals surface area contributed by atoms with Crippen LogP contribution in [-0.4, -0.2) is 37.4 Å². The number of amides is 1. The molecule has 0 spiro atoms. The van der Waals surface area contributed by atoms with Crippen LogP contribution in [0.4, 0.5) is 5.69 Å². The Morgan fingerprint density at radius 2 is 1.95 bits per heavy atom. The molecule has 0 aromatic heterocycles. The molecule has 1 aromatic carbocycles. The van der Waals surface area contributed by atoms with Gasteiger partial charge in [0.05, 0.1) is 11.3 Å². The van der Waals surface area contributed by atoms with Gasteiger partial charge in [0.25, 0.3) is 15.9 Å². The molecule has 0 saturated carbocycles. The van der Waals surface area contributed by atoms with E-state index in [9.17, 15) is 13.2 Å². The number of sulfonamides is 1. The third-order valence-electron chi connectivity index (χ3n) is 3.19. The molecule has 1 N–H and O–H groups in total. The summed E-state index contributed by atoms with van der Waals surface area (Å²) in [6.45, 7) is 0.292. The highest BCUT2D eigenvalue weighted by Crippen LogP contribution is 2.18. The van der Waals surface area contributed by atoms with Gasteiger partial charge in [-0.2, -0.15) is 0 Å². The maximum Gasteiger partial charge on any atom is 0.257 e. The first-order valence-electron chi connectivity index (χ1n) is 6.49. The fourth-order valence-electron chi connectivity index (χ4n) is 2.07. The van der Waals surface area contributed by atoms with Crippen molar-refractivity contribution in [3.05, 3.63) is 52.7 Å². The molecule has 0 atom stereocenters. The van der Waals surface area contributed by atoms with E-state index in [0.29, 0.717) is 23.6 Å². The van der Waals surface area contributed by atoms with Gasteiger partial charge in [0, 0.05) is 22.9 Å². The van der Waals surface area contributed by atoms with Crippen LogP contribution in [0.2, 0.25) is 0 Å². The van der Waals surface area contributed by atoms with Crippen molar-refractivity contribution in [3.8, 4) is 0 Å². The van der Waals surface area contributed by atoms with Gasteiger partial charge in [-0.1, -0.05) is 15.9 Å². The van der Waals surface area contributed by atoms with Crippen LogP contribution >= 0.6 is 15.9 Å². The maximum absolute atomic E-state index is 12.2. The largest absolute Gasteiger partial charge is 0.330 e. The lowest BCUT2D eigenvalue weighted by atomic mass is 10.1. The van der Waals surface area contributed by atoms with E-state index < -0.39 is 10.0 Å². The molecule has 114 valence electrons. The fourth-order valence-corrected chi connectivity index (χ4v) is 3.31. The van der Waals surface area contributed by atoms with Crippen molar-refractivity contribution in [2.24, 2.45) is 4.40 Å². The van der Waals surface area contributed by atoms with Crippen LogP contribution in [0.3, 0.4) is 0 Å². The second-order valence-corrected chi connectivity index (χ2v) is 7.48. The molecule has 0 saturated heterocycles. The van der Waals surface area contributed by atoms with Crippen molar-refractivity contribution >= 4 is 43.4 Å². The summed E-state index contributed by atoms with van der Waals surface area (Å²) < 4.78 is 27.5. The van der Waals surface area contributed by atoms with Crippen molar-refractivity contribution in [3.63, 3.8) is 0 Å². The topological polar surface area (TPSA) is 78.8 Å². The molecule has 8 heteroatoms.